The monoisotopic (exact) mass is 177 g/mol. The lowest BCUT2D eigenvalue weighted by atomic mass is 10.2. The third-order valence-electron chi connectivity index (χ3n) is 1.96. The molecule has 0 saturated heterocycles. The summed E-state index contributed by atoms with van der Waals surface area (Å²) in [6.07, 6.45) is 3.39. The Morgan fingerprint density at radius 1 is 1.23 bits per heavy atom. The van der Waals surface area contributed by atoms with E-state index >= 15 is 0 Å². The third kappa shape index (κ3) is 4.69. The topological polar surface area (TPSA) is 9.23 Å². The van der Waals surface area contributed by atoms with Crippen LogP contribution in [0.2, 0.25) is 0 Å². The number of rotatable bonds is 6. The van der Waals surface area contributed by atoms with Crippen molar-refractivity contribution in [1.29, 1.82) is 0 Å². The SMILES string of the molecule is CCCCOCCc1cc[c]cc1. The summed E-state index contributed by atoms with van der Waals surface area (Å²) in [5, 5.41) is 0. The Hall–Kier alpha value is -0.820. The van der Waals surface area contributed by atoms with Crippen LogP contribution in [0.3, 0.4) is 0 Å². The van der Waals surface area contributed by atoms with Gasteiger partial charge in [-0.1, -0.05) is 37.6 Å². The van der Waals surface area contributed by atoms with E-state index in [4.69, 9.17) is 4.74 Å². The van der Waals surface area contributed by atoms with E-state index in [0.29, 0.717) is 0 Å². The second-order valence-corrected chi connectivity index (χ2v) is 3.12. The first-order valence-electron chi connectivity index (χ1n) is 4.96. The van der Waals surface area contributed by atoms with Gasteiger partial charge in [-0.05, 0) is 24.5 Å². The molecule has 1 rings (SSSR count). The highest BCUT2D eigenvalue weighted by Gasteiger charge is 1.91. The van der Waals surface area contributed by atoms with E-state index in [0.717, 1.165) is 19.6 Å². The van der Waals surface area contributed by atoms with Crippen LogP contribution in [0.5, 0.6) is 0 Å². The molecule has 1 aromatic rings. The molecule has 0 atom stereocenters. The van der Waals surface area contributed by atoms with Crippen molar-refractivity contribution in [2.45, 2.75) is 26.2 Å². The highest BCUT2D eigenvalue weighted by Crippen LogP contribution is 1.99. The number of ether oxygens (including phenoxy) is 1. The van der Waals surface area contributed by atoms with Gasteiger partial charge in [-0.15, -0.1) is 0 Å². The predicted molar refractivity (Wildman–Crippen MR) is 54.7 cm³/mol. The average molecular weight is 177 g/mol. The molecule has 0 aliphatic carbocycles. The van der Waals surface area contributed by atoms with Crippen molar-refractivity contribution in [3.8, 4) is 0 Å². The van der Waals surface area contributed by atoms with Crippen molar-refractivity contribution in [2.75, 3.05) is 13.2 Å². The fourth-order valence-corrected chi connectivity index (χ4v) is 1.13. The highest BCUT2D eigenvalue weighted by atomic mass is 16.5. The second-order valence-electron chi connectivity index (χ2n) is 3.12. The van der Waals surface area contributed by atoms with E-state index in [1.54, 1.807) is 0 Å². The summed E-state index contributed by atoms with van der Waals surface area (Å²) >= 11 is 0. The van der Waals surface area contributed by atoms with Gasteiger partial charge < -0.3 is 4.74 Å². The van der Waals surface area contributed by atoms with Gasteiger partial charge in [0.15, 0.2) is 0 Å². The van der Waals surface area contributed by atoms with Gasteiger partial charge in [0.1, 0.15) is 0 Å². The van der Waals surface area contributed by atoms with E-state index in [2.05, 4.69) is 25.1 Å². The standard InChI is InChI=1S/C12H17O/c1-2-3-10-13-11-9-12-7-5-4-6-8-12/h5-8H,2-3,9-11H2,1H3. The van der Waals surface area contributed by atoms with Gasteiger partial charge in [0.05, 0.1) is 6.61 Å². The zero-order chi connectivity index (χ0) is 9.36. The highest BCUT2D eigenvalue weighted by molar-refractivity contribution is 5.13. The van der Waals surface area contributed by atoms with Crippen molar-refractivity contribution in [1.82, 2.24) is 0 Å². The van der Waals surface area contributed by atoms with Gasteiger partial charge in [-0.2, -0.15) is 0 Å². The number of unbranched alkanes of at least 4 members (excludes halogenated alkanes) is 1. The molecule has 1 aromatic carbocycles. The molecule has 0 fully saturated rings. The summed E-state index contributed by atoms with van der Waals surface area (Å²) in [4.78, 5) is 0. The molecule has 0 aromatic heterocycles. The van der Waals surface area contributed by atoms with Crippen molar-refractivity contribution in [3.63, 3.8) is 0 Å². The minimum atomic E-state index is 0.837. The Balaban J connectivity index is 2.07. The van der Waals surface area contributed by atoms with Crippen LogP contribution in [0.1, 0.15) is 25.3 Å². The maximum absolute atomic E-state index is 5.47. The van der Waals surface area contributed by atoms with Gasteiger partial charge >= 0.3 is 0 Å². The normalized spacial score (nSPS) is 10.2. The molecule has 0 saturated carbocycles. The molecule has 0 heterocycles. The zero-order valence-electron chi connectivity index (χ0n) is 8.25. The van der Waals surface area contributed by atoms with E-state index in [9.17, 15) is 0 Å². The molecular formula is C12H17O. The van der Waals surface area contributed by atoms with Crippen LogP contribution in [0, 0.1) is 6.07 Å². The van der Waals surface area contributed by atoms with Gasteiger partial charge in [-0.3, -0.25) is 0 Å². The Labute approximate surface area is 80.7 Å². The summed E-state index contributed by atoms with van der Waals surface area (Å²) in [6, 6.07) is 11.1. The lowest BCUT2D eigenvalue weighted by Gasteiger charge is -2.02. The van der Waals surface area contributed by atoms with Crippen LogP contribution < -0.4 is 0 Å². The third-order valence-corrected chi connectivity index (χ3v) is 1.96. The molecule has 13 heavy (non-hydrogen) atoms. The molecule has 0 amide bonds. The Morgan fingerprint density at radius 3 is 2.69 bits per heavy atom. The molecule has 1 nitrogen and oxygen atoms in total. The zero-order valence-corrected chi connectivity index (χ0v) is 8.25. The van der Waals surface area contributed by atoms with Crippen LogP contribution in [0.15, 0.2) is 24.3 Å². The van der Waals surface area contributed by atoms with E-state index in [-0.39, 0.29) is 0 Å². The largest absolute Gasteiger partial charge is 0.381 e. The minimum Gasteiger partial charge on any atom is -0.381 e. The summed E-state index contributed by atoms with van der Waals surface area (Å²) in [7, 11) is 0. The Kier molecular flexibility index (Phi) is 5.27. The number of hydrogen-bond acceptors (Lipinski definition) is 1. The molecule has 1 heteroatoms. The van der Waals surface area contributed by atoms with Gasteiger partial charge in [0.25, 0.3) is 0 Å². The molecule has 0 spiro atoms. The molecule has 0 aliphatic heterocycles. The second kappa shape index (κ2) is 6.67. The molecule has 1 radical (unpaired) electrons. The lowest BCUT2D eigenvalue weighted by Crippen LogP contribution is -1.99. The Morgan fingerprint density at radius 2 is 2.00 bits per heavy atom. The first kappa shape index (κ1) is 10.3. The predicted octanol–water partition coefficient (Wildman–Crippen LogP) is 2.85. The average Bonchev–Trinajstić information content (AvgIpc) is 2.19. The number of hydrogen-bond donors (Lipinski definition) is 0. The van der Waals surface area contributed by atoms with E-state index in [1.165, 1.54) is 18.4 Å². The maximum atomic E-state index is 5.47. The van der Waals surface area contributed by atoms with E-state index < -0.39 is 0 Å². The van der Waals surface area contributed by atoms with Crippen molar-refractivity contribution in [2.24, 2.45) is 0 Å². The minimum absolute atomic E-state index is 0.837. The van der Waals surface area contributed by atoms with Crippen LogP contribution in [0.4, 0.5) is 0 Å². The van der Waals surface area contributed by atoms with Crippen molar-refractivity contribution < 1.29 is 4.74 Å². The summed E-state index contributed by atoms with van der Waals surface area (Å²) < 4.78 is 5.47. The van der Waals surface area contributed by atoms with Crippen molar-refractivity contribution in [3.05, 3.63) is 35.9 Å². The summed E-state index contributed by atoms with van der Waals surface area (Å²) in [5.74, 6) is 0. The maximum Gasteiger partial charge on any atom is 0.0506 e. The fourth-order valence-electron chi connectivity index (χ4n) is 1.13. The van der Waals surface area contributed by atoms with Gasteiger partial charge in [0.2, 0.25) is 0 Å². The quantitative estimate of drug-likeness (QED) is 0.607. The van der Waals surface area contributed by atoms with Gasteiger partial charge in [0, 0.05) is 6.61 Å². The molecule has 0 aliphatic rings. The van der Waals surface area contributed by atoms with Crippen LogP contribution in [-0.4, -0.2) is 13.2 Å². The van der Waals surface area contributed by atoms with Crippen LogP contribution >= 0.6 is 0 Å². The Bertz CT molecular complexity index is 206. The van der Waals surface area contributed by atoms with Crippen LogP contribution in [0.25, 0.3) is 0 Å². The first-order valence-corrected chi connectivity index (χ1v) is 4.96. The molecule has 0 N–H and O–H groups in total. The number of benzene rings is 1. The molecule has 0 unspecified atom stereocenters. The molecular weight excluding hydrogens is 160 g/mol. The lowest BCUT2D eigenvalue weighted by molar-refractivity contribution is 0.134. The molecule has 71 valence electrons. The first-order chi connectivity index (χ1) is 6.43. The summed E-state index contributed by atoms with van der Waals surface area (Å²) in [6.45, 7) is 3.91. The van der Waals surface area contributed by atoms with Crippen molar-refractivity contribution >= 4 is 0 Å². The van der Waals surface area contributed by atoms with E-state index in [1.807, 2.05) is 12.1 Å². The smallest absolute Gasteiger partial charge is 0.0506 e. The summed E-state index contributed by atoms with van der Waals surface area (Å²) in [5.41, 5.74) is 1.33. The molecule has 0 bridgehead atoms. The fraction of sp³-hybridized carbons (Fsp3) is 0.500. The van der Waals surface area contributed by atoms with Gasteiger partial charge in [-0.25, -0.2) is 0 Å². The van der Waals surface area contributed by atoms with Crippen LogP contribution in [-0.2, 0) is 11.2 Å².